The molecule has 1 aliphatic heterocycles. The summed E-state index contributed by atoms with van der Waals surface area (Å²) in [5, 5.41) is 6.75. The van der Waals surface area contributed by atoms with Crippen LogP contribution < -0.4 is 5.32 Å². The summed E-state index contributed by atoms with van der Waals surface area (Å²) < 4.78 is 5.36. The largest absolute Gasteiger partial charge is 0.356 e. The number of nitrogens with zero attached hydrogens (tertiary/aromatic N) is 4. The summed E-state index contributed by atoms with van der Waals surface area (Å²) in [6.45, 7) is 3.89. The molecule has 0 aliphatic carbocycles. The number of rotatable bonds is 4. The third-order valence-electron chi connectivity index (χ3n) is 4.94. The summed E-state index contributed by atoms with van der Waals surface area (Å²) in [6.07, 6.45) is 1.80. The number of fused-ring (bicyclic) bond motifs is 1. The summed E-state index contributed by atoms with van der Waals surface area (Å²) in [6, 6.07) is 9.20. The number of hydrogen-bond donors (Lipinski definition) is 1. The van der Waals surface area contributed by atoms with Gasteiger partial charge in [0.1, 0.15) is 5.82 Å². The van der Waals surface area contributed by atoms with Crippen LogP contribution in [-0.2, 0) is 16.1 Å². The van der Waals surface area contributed by atoms with Crippen molar-refractivity contribution in [3.63, 3.8) is 0 Å². The van der Waals surface area contributed by atoms with Crippen molar-refractivity contribution in [2.75, 3.05) is 12.4 Å². The van der Waals surface area contributed by atoms with Crippen molar-refractivity contribution in [1.82, 2.24) is 20.0 Å². The van der Waals surface area contributed by atoms with Gasteiger partial charge in [0, 0.05) is 31.4 Å². The molecule has 8 nitrogen and oxygen atoms in total. The maximum atomic E-state index is 13.2. The molecule has 0 radical (unpaired) electrons. The summed E-state index contributed by atoms with van der Waals surface area (Å²) in [4.78, 5) is 35.7. The maximum Gasteiger partial charge on any atom is 0.230 e. The van der Waals surface area contributed by atoms with Crippen LogP contribution in [0.15, 0.2) is 41.1 Å². The SMILES string of the molecule is Cc1cc(-c2cnc(C)nc2CN(C)C(=O)[C@@H]2CC(=O)Nc3ccccc32)on1. The molecule has 1 N–H and O–H groups in total. The van der Waals surface area contributed by atoms with Gasteiger partial charge in [0.05, 0.1) is 29.4 Å². The monoisotopic (exact) mass is 391 g/mol. The number of anilines is 1. The molecule has 4 rings (SSSR count). The normalized spacial score (nSPS) is 15.6. The number of nitrogens with one attached hydrogen (secondary N) is 1. The van der Waals surface area contributed by atoms with Crippen LogP contribution in [0.25, 0.3) is 11.3 Å². The Kier molecular flexibility index (Phi) is 4.84. The van der Waals surface area contributed by atoms with E-state index in [0.717, 1.165) is 11.3 Å². The minimum atomic E-state index is -0.524. The Morgan fingerprint density at radius 2 is 2.10 bits per heavy atom. The van der Waals surface area contributed by atoms with E-state index in [2.05, 4.69) is 20.4 Å². The highest BCUT2D eigenvalue weighted by Gasteiger charge is 2.32. The van der Waals surface area contributed by atoms with Crippen molar-refractivity contribution in [3.8, 4) is 11.3 Å². The molecule has 29 heavy (non-hydrogen) atoms. The highest BCUT2D eigenvalue weighted by molar-refractivity contribution is 6.01. The van der Waals surface area contributed by atoms with Crippen LogP contribution in [0.5, 0.6) is 0 Å². The summed E-state index contributed by atoms with van der Waals surface area (Å²) in [7, 11) is 1.71. The number of likely N-dealkylation sites (N-methyl/N-ethyl adjacent to an activating group) is 1. The van der Waals surface area contributed by atoms with Crippen molar-refractivity contribution in [2.24, 2.45) is 0 Å². The van der Waals surface area contributed by atoms with E-state index >= 15 is 0 Å². The highest BCUT2D eigenvalue weighted by atomic mass is 16.5. The highest BCUT2D eigenvalue weighted by Crippen LogP contribution is 2.33. The second-order valence-corrected chi connectivity index (χ2v) is 7.20. The van der Waals surface area contributed by atoms with Gasteiger partial charge in [-0.2, -0.15) is 0 Å². The quantitative estimate of drug-likeness (QED) is 0.734. The van der Waals surface area contributed by atoms with Crippen molar-refractivity contribution < 1.29 is 14.1 Å². The fourth-order valence-electron chi connectivity index (χ4n) is 3.53. The molecule has 8 heteroatoms. The number of hydrogen-bond acceptors (Lipinski definition) is 6. The molecule has 0 saturated heterocycles. The molecule has 148 valence electrons. The van der Waals surface area contributed by atoms with Crippen LogP contribution >= 0.6 is 0 Å². The molecule has 2 amide bonds. The van der Waals surface area contributed by atoms with Gasteiger partial charge in [-0.15, -0.1) is 0 Å². The number of aryl methyl sites for hydroxylation is 2. The molecule has 1 aromatic carbocycles. The van der Waals surface area contributed by atoms with Crippen molar-refractivity contribution in [2.45, 2.75) is 32.7 Å². The molecule has 0 saturated carbocycles. The van der Waals surface area contributed by atoms with Crippen molar-refractivity contribution in [1.29, 1.82) is 0 Å². The van der Waals surface area contributed by atoms with E-state index in [-0.39, 0.29) is 24.8 Å². The summed E-state index contributed by atoms with van der Waals surface area (Å²) in [5.41, 5.74) is 3.62. The molecular formula is C21H21N5O3. The first-order valence-corrected chi connectivity index (χ1v) is 9.32. The van der Waals surface area contributed by atoms with Gasteiger partial charge in [-0.3, -0.25) is 9.59 Å². The molecule has 3 heterocycles. The average molecular weight is 391 g/mol. The van der Waals surface area contributed by atoms with Crippen LogP contribution in [0.1, 0.15) is 35.1 Å². The Bertz CT molecular complexity index is 1090. The van der Waals surface area contributed by atoms with Crippen molar-refractivity contribution in [3.05, 3.63) is 59.3 Å². The zero-order chi connectivity index (χ0) is 20.5. The van der Waals surface area contributed by atoms with Gasteiger partial charge >= 0.3 is 0 Å². The number of aromatic nitrogens is 3. The first kappa shape index (κ1) is 18.8. The van der Waals surface area contributed by atoms with Gasteiger partial charge < -0.3 is 14.7 Å². The fourth-order valence-corrected chi connectivity index (χ4v) is 3.53. The first-order chi connectivity index (χ1) is 13.9. The molecule has 0 fully saturated rings. The van der Waals surface area contributed by atoms with Crippen LogP contribution in [0.3, 0.4) is 0 Å². The average Bonchev–Trinajstić information content (AvgIpc) is 3.12. The predicted octanol–water partition coefficient (Wildman–Crippen LogP) is 2.83. The zero-order valence-electron chi connectivity index (χ0n) is 16.5. The standard InChI is InChI=1S/C21H21N5O3/c1-12-8-19(29-25-12)16-10-22-13(2)23-18(16)11-26(3)21(28)15-9-20(27)24-17-7-5-4-6-14(15)17/h4-8,10,15H,9,11H2,1-3H3,(H,24,27)/t15-/m1/s1. The Balaban J connectivity index is 1.62. The Morgan fingerprint density at radius 1 is 1.31 bits per heavy atom. The second-order valence-electron chi connectivity index (χ2n) is 7.20. The van der Waals surface area contributed by atoms with E-state index in [9.17, 15) is 9.59 Å². The fraction of sp³-hybridized carbons (Fsp3) is 0.286. The van der Waals surface area contributed by atoms with Gasteiger partial charge in [-0.05, 0) is 25.5 Å². The molecule has 0 bridgehead atoms. The minimum absolute atomic E-state index is 0.122. The van der Waals surface area contributed by atoms with Gasteiger partial charge in [0.25, 0.3) is 0 Å². The summed E-state index contributed by atoms with van der Waals surface area (Å²) in [5.74, 6) is 0.335. The van der Waals surface area contributed by atoms with Crippen molar-refractivity contribution >= 4 is 17.5 Å². The minimum Gasteiger partial charge on any atom is -0.356 e. The van der Waals surface area contributed by atoms with E-state index in [1.165, 1.54) is 0 Å². The third kappa shape index (κ3) is 3.73. The molecule has 1 aliphatic rings. The van der Waals surface area contributed by atoms with E-state index in [4.69, 9.17) is 4.52 Å². The lowest BCUT2D eigenvalue weighted by molar-refractivity contribution is -0.134. The topological polar surface area (TPSA) is 101 Å². The Morgan fingerprint density at radius 3 is 2.86 bits per heavy atom. The van der Waals surface area contributed by atoms with E-state index in [1.807, 2.05) is 31.2 Å². The molecule has 0 unspecified atom stereocenters. The van der Waals surface area contributed by atoms with Crippen LogP contribution in [-0.4, -0.2) is 38.9 Å². The van der Waals surface area contributed by atoms with Gasteiger partial charge in [0.2, 0.25) is 11.8 Å². The Hall–Kier alpha value is -3.55. The second kappa shape index (κ2) is 7.46. The third-order valence-corrected chi connectivity index (χ3v) is 4.94. The van der Waals surface area contributed by atoms with Gasteiger partial charge in [-0.1, -0.05) is 23.4 Å². The molecule has 1 atom stereocenters. The Labute approximate surface area is 167 Å². The number of para-hydroxylation sites is 1. The van der Waals surface area contributed by atoms with E-state index in [1.54, 1.807) is 31.1 Å². The smallest absolute Gasteiger partial charge is 0.230 e. The van der Waals surface area contributed by atoms with Crippen LogP contribution in [0.4, 0.5) is 5.69 Å². The van der Waals surface area contributed by atoms with Gasteiger partial charge in [-0.25, -0.2) is 9.97 Å². The van der Waals surface area contributed by atoms with Gasteiger partial charge in [0.15, 0.2) is 5.76 Å². The predicted molar refractivity (Wildman–Crippen MR) is 106 cm³/mol. The summed E-state index contributed by atoms with van der Waals surface area (Å²) >= 11 is 0. The molecule has 3 aromatic rings. The molecular weight excluding hydrogens is 370 g/mol. The van der Waals surface area contributed by atoms with Crippen LogP contribution in [0, 0.1) is 13.8 Å². The lowest BCUT2D eigenvalue weighted by Crippen LogP contribution is -2.36. The molecule has 0 spiro atoms. The number of amides is 2. The number of benzene rings is 1. The zero-order valence-corrected chi connectivity index (χ0v) is 16.5. The van der Waals surface area contributed by atoms with E-state index < -0.39 is 5.92 Å². The van der Waals surface area contributed by atoms with E-state index in [0.29, 0.717) is 28.5 Å². The number of carbonyl (C=O) groups is 2. The number of carbonyl (C=O) groups excluding carboxylic acids is 2. The first-order valence-electron chi connectivity index (χ1n) is 9.32. The lowest BCUT2D eigenvalue weighted by Gasteiger charge is -2.28. The molecule has 2 aromatic heterocycles. The maximum absolute atomic E-state index is 13.2. The van der Waals surface area contributed by atoms with Crippen LogP contribution in [0.2, 0.25) is 0 Å². The lowest BCUT2D eigenvalue weighted by atomic mass is 9.89.